The fourth-order valence-corrected chi connectivity index (χ4v) is 6.95. The molecule has 2 heteroatoms. The fraction of sp³-hybridized carbons (Fsp3) is 1.00. The molecule has 0 aromatic carbocycles. The van der Waals surface area contributed by atoms with E-state index < -0.39 is 0 Å². The average Bonchev–Trinajstić information content (AvgIpc) is 2.96. The molecule has 0 rings (SSSR count). The highest BCUT2D eigenvalue weighted by molar-refractivity contribution is 4.55. The average molecular weight is 601 g/mol. The highest BCUT2D eigenvalue weighted by Crippen LogP contribution is 2.20. The minimum Gasteiger partial charge on any atom is -1.00 e. The molecule has 0 aliphatic rings. The van der Waals surface area contributed by atoms with E-state index in [2.05, 4.69) is 27.7 Å². The van der Waals surface area contributed by atoms with Crippen molar-refractivity contribution in [1.82, 2.24) is 0 Å². The van der Waals surface area contributed by atoms with Gasteiger partial charge in [0.1, 0.15) is 0 Å². The third-order valence-electron chi connectivity index (χ3n) is 9.66. The Morgan fingerprint density at radius 2 is 0.415 bits per heavy atom. The van der Waals surface area contributed by atoms with Crippen molar-refractivity contribution < 1.29 is 16.9 Å². The highest BCUT2D eigenvalue weighted by Gasteiger charge is 2.25. The lowest BCUT2D eigenvalue weighted by Crippen LogP contribution is -3.00. The zero-order valence-electron chi connectivity index (χ0n) is 29.6. The quantitative estimate of drug-likeness (QED) is 0.0502. The van der Waals surface area contributed by atoms with Gasteiger partial charge in [0.25, 0.3) is 0 Å². The lowest BCUT2D eigenvalue weighted by molar-refractivity contribution is -0.929. The van der Waals surface area contributed by atoms with Gasteiger partial charge in [-0.3, -0.25) is 0 Å². The van der Waals surface area contributed by atoms with Crippen molar-refractivity contribution in [3.05, 3.63) is 0 Å². The van der Waals surface area contributed by atoms with Crippen molar-refractivity contribution in [3.63, 3.8) is 0 Å². The summed E-state index contributed by atoms with van der Waals surface area (Å²) in [5, 5.41) is 0. The largest absolute Gasteiger partial charge is 1.00 e. The van der Waals surface area contributed by atoms with Crippen molar-refractivity contribution in [2.24, 2.45) is 0 Å². The number of rotatable bonds is 35. The number of quaternary nitrogens is 1. The Hall–Kier alpha value is 0.250. The predicted octanol–water partition coefficient (Wildman–Crippen LogP) is 11.0. The molecule has 0 aliphatic heterocycles. The van der Waals surface area contributed by atoms with Gasteiger partial charge in [-0.2, -0.15) is 0 Å². The summed E-state index contributed by atoms with van der Waals surface area (Å²) >= 11 is 0. The van der Waals surface area contributed by atoms with Gasteiger partial charge in [0.05, 0.1) is 26.2 Å². The van der Waals surface area contributed by atoms with Crippen LogP contribution in [0.5, 0.6) is 0 Å². The monoisotopic (exact) mass is 600 g/mol. The predicted molar refractivity (Wildman–Crippen MR) is 186 cm³/mol. The number of unbranched alkanes of at least 4 members (excludes halogenated alkanes) is 27. The highest BCUT2D eigenvalue weighted by atomic mass is 35.5. The Bertz CT molecular complexity index is 391. The van der Waals surface area contributed by atoms with Gasteiger partial charge < -0.3 is 16.9 Å². The molecule has 250 valence electrons. The van der Waals surface area contributed by atoms with Gasteiger partial charge >= 0.3 is 0 Å². The summed E-state index contributed by atoms with van der Waals surface area (Å²) in [6.07, 6.45) is 45.3. The second-order valence-corrected chi connectivity index (χ2v) is 13.8. The first-order valence-electron chi connectivity index (χ1n) is 19.6. The molecule has 0 unspecified atom stereocenters. The van der Waals surface area contributed by atoms with Crippen LogP contribution in [0, 0.1) is 0 Å². The fourth-order valence-electron chi connectivity index (χ4n) is 6.95. The Kier molecular flexibility index (Phi) is 38.6. The van der Waals surface area contributed by atoms with Gasteiger partial charge in [0.2, 0.25) is 0 Å². The lowest BCUT2D eigenvalue weighted by atomic mass is 10.0. The zero-order chi connectivity index (χ0) is 29.2. The molecule has 0 N–H and O–H groups in total. The van der Waals surface area contributed by atoms with Crippen molar-refractivity contribution >= 4 is 0 Å². The Balaban J connectivity index is 0. The first kappa shape index (κ1) is 43.4. The van der Waals surface area contributed by atoms with Crippen molar-refractivity contribution in [2.45, 2.75) is 227 Å². The third-order valence-corrected chi connectivity index (χ3v) is 9.66. The molecule has 0 aromatic rings. The van der Waals surface area contributed by atoms with E-state index in [1.807, 2.05) is 0 Å². The standard InChI is InChI=1S/C39H82N.ClH/c1-5-9-12-15-18-21-24-27-30-33-37-40(36-8-4,38-34-31-28-25-22-19-16-13-10-6-2)39-35-32-29-26-23-20-17-14-11-7-3;/h5-39H2,1-4H3;1H/q+1;/p-1. The summed E-state index contributed by atoms with van der Waals surface area (Å²) in [7, 11) is 0. The topological polar surface area (TPSA) is 0 Å². The molecule has 0 spiro atoms. The molecule has 0 bridgehead atoms. The van der Waals surface area contributed by atoms with E-state index in [1.54, 1.807) is 0 Å². The van der Waals surface area contributed by atoms with Crippen LogP contribution in [0.15, 0.2) is 0 Å². The molecule has 0 fully saturated rings. The van der Waals surface area contributed by atoms with Crippen molar-refractivity contribution in [1.29, 1.82) is 0 Å². The van der Waals surface area contributed by atoms with Crippen molar-refractivity contribution in [2.75, 3.05) is 26.2 Å². The minimum absolute atomic E-state index is 0. The van der Waals surface area contributed by atoms with E-state index >= 15 is 0 Å². The summed E-state index contributed by atoms with van der Waals surface area (Å²) in [4.78, 5) is 0. The van der Waals surface area contributed by atoms with E-state index in [4.69, 9.17) is 0 Å². The van der Waals surface area contributed by atoms with Crippen LogP contribution in [-0.2, 0) is 0 Å². The van der Waals surface area contributed by atoms with E-state index in [0.29, 0.717) is 0 Å². The SMILES string of the molecule is CCCCCCCCCCCC[N+](CCC)(CCCCCCCCCCCC)CCCCCCCCCCCC.[Cl-]. The molecule has 0 aliphatic carbocycles. The smallest absolute Gasteiger partial charge is 0.0786 e. The third kappa shape index (κ3) is 31.5. The van der Waals surface area contributed by atoms with Crippen LogP contribution in [-0.4, -0.2) is 30.7 Å². The molecule has 0 saturated carbocycles. The second kappa shape index (κ2) is 36.4. The maximum atomic E-state index is 2.45. The summed E-state index contributed by atoms with van der Waals surface area (Å²) in [5.41, 5.74) is 0. The molecular formula is C39H82ClN. The summed E-state index contributed by atoms with van der Waals surface area (Å²) in [5.74, 6) is 0. The summed E-state index contributed by atoms with van der Waals surface area (Å²) in [6.45, 7) is 15.3. The van der Waals surface area contributed by atoms with Crippen LogP contribution in [0.25, 0.3) is 0 Å². The molecule has 0 amide bonds. The molecule has 0 saturated heterocycles. The lowest BCUT2D eigenvalue weighted by Gasteiger charge is -2.39. The Morgan fingerprint density at radius 1 is 0.220 bits per heavy atom. The molecule has 0 heterocycles. The number of hydrogen-bond donors (Lipinski definition) is 0. The minimum atomic E-state index is 0. The van der Waals surface area contributed by atoms with Gasteiger partial charge in [-0.15, -0.1) is 0 Å². The van der Waals surface area contributed by atoms with Crippen molar-refractivity contribution in [3.8, 4) is 0 Å². The molecule has 41 heavy (non-hydrogen) atoms. The zero-order valence-corrected chi connectivity index (χ0v) is 30.3. The van der Waals surface area contributed by atoms with Crippen LogP contribution >= 0.6 is 0 Å². The van der Waals surface area contributed by atoms with Gasteiger partial charge in [-0.25, -0.2) is 0 Å². The molecule has 1 nitrogen and oxygen atoms in total. The van der Waals surface area contributed by atoms with Crippen LogP contribution < -0.4 is 12.4 Å². The summed E-state index contributed by atoms with van der Waals surface area (Å²) in [6, 6.07) is 0. The summed E-state index contributed by atoms with van der Waals surface area (Å²) < 4.78 is 1.46. The first-order valence-corrected chi connectivity index (χ1v) is 19.6. The van der Waals surface area contributed by atoms with Gasteiger partial charge in [-0.05, 0) is 44.9 Å². The molecule has 0 aromatic heterocycles. The Morgan fingerprint density at radius 3 is 0.610 bits per heavy atom. The number of hydrogen-bond acceptors (Lipinski definition) is 0. The van der Waals surface area contributed by atoms with Crippen LogP contribution in [0.1, 0.15) is 227 Å². The van der Waals surface area contributed by atoms with Gasteiger partial charge in [-0.1, -0.05) is 182 Å². The van der Waals surface area contributed by atoms with Crippen LogP contribution in [0.4, 0.5) is 0 Å². The number of halogens is 1. The first-order chi connectivity index (χ1) is 19.7. The van der Waals surface area contributed by atoms with E-state index in [0.717, 1.165) is 0 Å². The van der Waals surface area contributed by atoms with Gasteiger partial charge in [0.15, 0.2) is 0 Å². The molecule has 0 atom stereocenters. The maximum Gasteiger partial charge on any atom is 0.0786 e. The van der Waals surface area contributed by atoms with Crippen LogP contribution in [0.3, 0.4) is 0 Å². The van der Waals surface area contributed by atoms with E-state index in [-0.39, 0.29) is 12.4 Å². The molecule has 0 radical (unpaired) electrons. The molecular weight excluding hydrogens is 518 g/mol. The van der Waals surface area contributed by atoms with Gasteiger partial charge in [0, 0.05) is 0 Å². The van der Waals surface area contributed by atoms with E-state index in [9.17, 15) is 0 Å². The number of nitrogens with zero attached hydrogens (tertiary/aromatic N) is 1. The maximum absolute atomic E-state index is 2.45. The second-order valence-electron chi connectivity index (χ2n) is 13.8. The van der Waals surface area contributed by atoms with E-state index in [1.165, 1.54) is 230 Å². The Labute approximate surface area is 269 Å². The van der Waals surface area contributed by atoms with Crippen LogP contribution in [0.2, 0.25) is 0 Å². The normalized spacial score (nSPS) is 11.7.